The van der Waals surface area contributed by atoms with Crippen LogP contribution in [0.15, 0.2) is 34.6 Å². The van der Waals surface area contributed by atoms with Crippen molar-refractivity contribution in [2.24, 2.45) is 10.3 Å². The maximum atomic E-state index is 9.26. The topological polar surface area (TPSA) is 65.2 Å². The fourth-order valence-corrected chi connectivity index (χ4v) is 3.01. The van der Waals surface area contributed by atoms with Crippen molar-refractivity contribution in [1.29, 1.82) is 0 Å². The smallest absolute Gasteiger partial charge is 0.134 e. The van der Waals surface area contributed by atoms with Crippen LogP contribution < -0.4 is 0 Å². The number of rotatable bonds is 6. The van der Waals surface area contributed by atoms with Gasteiger partial charge in [0.25, 0.3) is 0 Å². The van der Waals surface area contributed by atoms with E-state index in [0.717, 1.165) is 18.4 Å². The van der Waals surface area contributed by atoms with Crippen molar-refractivity contribution in [1.82, 2.24) is 0 Å². The minimum Gasteiger partial charge on any atom is -0.411 e. The first-order valence-electron chi connectivity index (χ1n) is 7.83. The third-order valence-electron chi connectivity index (χ3n) is 4.27. The molecule has 4 heteroatoms. The number of benzene rings is 1. The predicted molar refractivity (Wildman–Crippen MR) is 84.7 cm³/mol. The summed E-state index contributed by atoms with van der Waals surface area (Å²) in [5.74, 6) is 0.666. The number of unbranched alkanes of at least 4 members (excludes halogenated alkanes) is 1. The van der Waals surface area contributed by atoms with Crippen molar-refractivity contribution in [3.8, 4) is 0 Å². The van der Waals surface area contributed by atoms with E-state index in [0.29, 0.717) is 23.8 Å². The van der Waals surface area contributed by atoms with Crippen molar-refractivity contribution in [3.63, 3.8) is 0 Å². The van der Waals surface area contributed by atoms with Gasteiger partial charge in [-0.1, -0.05) is 60.8 Å². The maximum absolute atomic E-state index is 9.26. The van der Waals surface area contributed by atoms with E-state index in [1.54, 1.807) is 0 Å². The Bertz CT molecular complexity index is 500. The van der Waals surface area contributed by atoms with Gasteiger partial charge in [0.2, 0.25) is 0 Å². The molecule has 1 aromatic carbocycles. The lowest BCUT2D eigenvalue weighted by atomic mass is 9.94. The second-order valence-electron chi connectivity index (χ2n) is 5.70. The molecular weight excluding hydrogens is 264 g/mol. The average molecular weight is 288 g/mol. The van der Waals surface area contributed by atoms with Crippen molar-refractivity contribution < 1.29 is 10.4 Å². The molecule has 2 rings (SSSR count). The summed E-state index contributed by atoms with van der Waals surface area (Å²) in [6.07, 6.45) is 7.66. The van der Waals surface area contributed by atoms with Crippen LogP contribution in [0.25, 0.3) is 0 Å². The second kappa shape index (κ2) is 7.81. The van der Waals surface area contributed by atoms with Crippen LogP contribution >= 0.6 is 0 Å². The highest BCUT2D eigenvalue weighted by Gasteiger charge is 2.18. The molecule has 0 radical (unpaired) electrons. The summed E-state index contributed by atoms with van der Waals surface area (Å²) < 4.78 is 0. The molecule has 1 aromatic rings. The summed E-state index contributed by atoms with van der Waals surface area (Å²) in [5, 5.41) is 25.0. The summed E-state index contributed by atoms with van der Waals surface area (Å²) in [6, 6.07) is 8.12. The van der Waals surface area contributed by atoms with Crippen LogP contribution in [0.1, 0.15) is 68.9 Å². The van der Waals surface area contributed by atoms with Gasteiger partial charge >= 0.3 is 0 Å². The normalized spacial score (nSPS) is 17.4. The van der Waals surface area contributed by atoms with E-state index in [-0.39, 0.29) is 0 Å². The van der Waals surface area contributed by atoms with Gasteiger partial charge in [0.15, 0.2) is 0 Å². The predicted octanol–water partition coefficient (Wildman–Crippen LogP) is 4.54. The van der Waals surface area contributed by atoms with E-state index in [2.05, 4.69) is 29.4 Å². The van der Waals surface area contributed by atoms with Crippen LogP contribution in [0.2, 0.25) is 0 Å². The third kappa shape index (κ3) is 3.84. The van der Waals surface area contributed by atoms with Gasteiger partial charge in [0, 0.05) is 5.56 Å². The molecule has 0 saturated heterocycles. The summed E-state index contributed by atoms with van der Waals surface area (Å²) in [7, 11) is 0. The highest BCUT2D eigenvalue weighted by molar-refractivity contribution is 6.48. The summed E-state index contributed by atoms with van der Waals surface area (Å²) in [6.45, 7) is 2.07. The highest BCUT2D eigenvalue weighted by Crippen LogP contribution is 2.34. The molecule has 0 unspecified atom stereocenters. The molecule has 0 aromatic heterocycles. The van der Waals surface area contributed by atoms with Crippen LogP contribution in [0.4, 0.5) is 0 Å². The van der Waals surface area contributed by atoms with Crippen LogP contribution in [0.3, 0.4) is 0 Å². The first kappa shape index (κ1) is 15.5. The largest absolute Gasteiger partial charge is 0.411 e. The number of nitrogens with zero attached hydrogens (tertiary/aromatic N) is 2. The lowest BCUT2D eigenvalue weighted by molar-refractivity contribution is 0.313. The van der Waals surface area contributed by atoms with Crippen LogP contribution in [0.5, 0.6) is 0 Å². The third-order valence-corrected chi connectivity index (χ3v) is 4.27. The number of hydrogen-bond acceptors (Lipinski definition) is 4. The van der Waals surface area contributed by atoms with E-state index >= 15 is 0 Å². The lowest BCUT2D eigenvalue weighted by Crippen LogP contribution is -2.16. The fraction of sp³-hybridized carbons (Fsp3) is 0.529. The minimum absolute atomic E-state index is 0.365. The van der Waals surface area contributed by atoms with Crippen molar-refractivity contribution in [3.05, 3.63) is 35.4 Å². The van der Waals surface area contributed by atoms with Gasteiger partial charge in [0.1, 0.15) is 11.4 Å². The van der Waals surface area contributed by atoms with E-state index in [9.17, 15) is 5.21 Å². The summed E-state index contributed by atoms with van der Waals surface area (Å²) in [5.41, 5.74) is 2.95. The van der Waals surface area contributed by atoms with Gasteiger partial charge in [-0.05, 0) is 37.2 Å². The quantitative estimate of drug-likeness (QED) is 0.458. The SMILES string of the molecule is CCCCC(=N\O)/C(=N/O)c1ccc(C2CCCC2)cc1. The Balaban J connectivity index is 2.15. The molecule has 114 valence electrons. The van der Waals surface area contributed by atoms with E-state index in [4.69, 9.17) is 5.21 Å². The molecule has 21 heavy (non-hydrogen) atoms. The van der Waals surface area contributed by atoms with Gasteiger partial charge in [-0.3, -0.25) is 0 Å². The van der Waals surface area contributed by atoms with Gasteiger partial charge in [-0.2, -0.15) is 0 Å². The highest BCUT2D eigenvalue weighted by atomic mass is 16.4. The zero-order chi connectivity index (χ0) is 15.1. The molecule has 1 fully saturated rings. The average Bonchev–Trinajstić information content (AvgIpc) is 3.06. The zero-order valence-corrected chi connectivity index (χ0v) is 12.6. The Morgan fingerprint density at radius 2 is 1.76 bits per heavy atom. The summed E-state index contributed by atoms with van der Waals surface area (Å²) >= 11 is 0. The Morgan fingerprint density at radius 1 is 1.10 bits per heavy atom. The molecule has 0 aliphatic heterocycles. The molecule has 1 saturated carbocycles. The molecule has 0 spiro atoms. The number of hydrogen-bond donors (Lipinski definition) is 2. The molecule has 2 N–H and O–H groups in total. The van der Waals surface area contributed by atoms with Crippen LogP contribution in [-0.2, 0) is 0 Å². The number of oxime groups is 2. The molecule has 0 atom stereocenters. The molecule has 4 nitrogen and oxygen atoms in total. The maximum Gasteiger partial charge on any atom is 0.134 e. The van der Waals surface area contributed by atoms with Gasteiger partial charge < -0.3 is 10.4 Å². The van der Waals surface area contributed by atoms with E-state index < -0.39 is 0 Å². The zero-order valence-electron chi connectivity index (χ0n) is 12.6. The van der Waals surface area contributed by atoms with Gasteiger partial charge in [0.05, 0.1) is 0 Å². The van der Waals surface area contributed by atoms with Crippen LogP contribution in [0, 0.1) is 0 Å². The molecule has 0 amide bonds. The lowest BCUT2D eigenvalue weighted by Gasteiger charge is -2.11. The minimum atomic E-state index is 0.365. The van der Waals surface area contributed by atoms with Gasteiger partial charge in [-0.25, -0.2) is 0 Å². The monoisotopic (exact) mass is 288 g/mol. The van der Waals surface area contributed by atoms with Crippen LogP contribution in [-0.4, -0.2) is 21.8 Å². The first-order valence-corrected chi connectivity index (χ1v) is 7.83. The fourth-order valence-electron chi connectivity index (χ4n) is 3.01. The Labute approximate surface area is 126 Å². The standard InChI is InChI=1S/C17H24N2O2/c1-2-3-8-16(18-20)17(19-21)15-11-9-14(10-12-15)13-6-4-5-7-13/h9-13,20-21H,2-8H2,1H3/b18-16+,19-17+. The molecule has 1 aliphatic rings. The van der Waals surface area contributed by atoms with E-state index in [1.165, 1.54) is 31.2 Å². The second-order valence-corrected chi connectivity index (χ2v) is 5.70. The Kier molecular flexibility index (Phi) is 5.78. The molecule has 0 bridgehead atoms. The Hall–Kier alpha value is -1.84. The molecular formula is C17H24N2O2. The summed E-state index contributed by atoms with van der Waals surface area (Å²) in [4.78, 5) is 0. The van der Waals surface area contributed by atoms with Gasteiger partial charge in [-0.15, -0.1) is 0 Å². The Morgan fingerprint density at radius 3 is 2.29 bits per heavy atom. The van der Waals surface area contributed by atoms with E-state index in [1.807, 2.05) is 12.1 Å². The molecule has 0 heterocycles. The van der Waals surface area contributed by atoms with Crippen molar-refractivity contribution in [2.75, 3.05) is 0 Å². The van der Waals surface area contributed by atoms with Crippen molar-refractivity contribution >= 4 is 11.4 Å². The first-order chi connectivity index (χ1) is 10.3. The van der Waals surface area contributed by atoms with Crippen molar-refractivity contribution in [2.45, 2.75) is 57.8 Å². The molecule has 1 aliphatic carbocycles.